The number of piperidine rings is 1. The van der Waals surface area contributed by atoms with Crippen molar-refractivity contribution in [2.75, 3.05) is 44.3 Å². The van der Waals surface area contributed by atoms with Crippen molar-refractivity contribution >= 4 is 5.69 Å². The van der Waals surface area contributed by atoms with E-state index in [2.05, 4.69) is 33.7 Å². The van der Waals surface area contributed by atoms with E-state index in [-0.39, 0.29) is 11.5 Å². The zero-order valence-electron chi connectivity index (χ0n) is 18.3. The summed E-state index contributed by atoms with van der Waals surface area (Å²) in [5, 5.41) is 4.33. The molecule has 162 valence electrons. The molecule has 0 bridgehead atoms. The van der Waals surface area contributed by atoms with Crippen molar-refractivity contribution in [1.29, 1.82) is 0 Å². The molecule has 0 amide bonds. The van der Waals surface area contributed by atoms with Gasteiger partial charge in [-0.3, -0.25) is 0 Å². The van der Waals surface area contributed by atoms with Gasteiger partial charge in [0.15, 0.2) is 11.7 Å². The molecule has 7 nitrogen and oxygen atoms in total. The first kappa shape index (κ1) is 20.7. The average Bonchev–Trinajstić information content (AvgIpc) is 3.23. The maximum Gasteiger partial charge on any atom is 0.260 e. The monoisotopic (exact) mass is 412 g/mol. The third-order valence-electron chi connectivity index (χ3n) is 5.56. The minimum absolute atomic E-state index is 0.232. The van der Waals surface area contributed by atoms with Crippen LogP contribution in [0.25, 0.3) is 11.5 Å². The van der Waals surface area contributed by atoms with Gasteiger partial charge in [0.05, 0.1) is 18.8 Å². The summed E-state index contributed by atoms with van der Waals surface area (Å²) in [5.41, 5.74) is 1.88. The molecule has 2 fully saturated rings. The highest BCUT2D eigenvalue weighted by molar-refractivity contribution is 5.73. The first-order valence-electron chi connectivity index (χ1n) is 10.8. The third kappa shape index (κ3) is 4.78. The van der Waals surface area contributed by atoms with Crippen molar-refractivity contribution in [3.8, 4) is 11.5 Å². The van der Waals surface area contributed by atoms with E-state index < -0.39 is 0 Å². The third-order valence-corrected chi connectivity index (χ3v) is 5.56. The number of para-hydroxylation sites is 1. The Labute approximate surface area is 178 Å². The molecule has 0 atom stereocenters. The first-order chi connectivity index (χ1) is 14.4. The smallest absolute Gasteiger partial charge is 0.260 e. The number of aromatic nitrogens is 2. The van der Waals surface area contributed by atoms with Crippen LogP contribution in [-0.4, -0.2) is 60.0 Å². The van der Waals surface area contributed by atoms with Crippen LogP contribution in [0, 0.1) is 0 Å². The fraction of sp³-hybridized carbons (Fsp3) is 0.565. The van der Waals surface area contributed by atoms with E-state index in [1.807, 2.05) is 32.9 Å². The molecule has 7 heteroatoms. The number of likely N-dealkylation sites (tertiary alicyclic amines) is 1. The van der Waals surface area contributed by atoms with Gasteiger partial charge < -0.3 is 23.8 Å². The molecule has 2 aliphatic rings. The molecular weight excluding hydrogens is 380 g/mol. The van der Waals surface area contributed by atoms with Gasteiger partial charge in [-0.2, -0.15) is 4.98 Å². The van der Waals surface area contributed by atoms with Crippen molar-refractivity contribution in [2.24, 2.45) is 0 Å². The zero-order valence-corrected chi connectivity index (χ0v) is 18.3. The van der Waals surface area contributed by atoms with E-state index >= 15 is 0 Å². The van der Waals surface area contributed by atoms with E-state index in [1.54, 1.807) is 0 Å². The number of nitrogens with zero attached hydrogens (tertiary/aromatic N) is 4. The molecule has 2 aromatic rings. The highest BCUT2D eigenvalue weighted by atomic mass is 16.5. The van der Waals surface area contributed by atoms with E-state index in [1.165, 1.54) is 0 Å². The summed E-state index contributed by atoms with van der Waals surface area (Å²) in [4.78, 5) is 9.31. The van der Waals surface area contributed by atoms with Crippen LogP contribution in [0.2, 0.25) is 0 Å². The van der Waals surface area contributed by atoms with E-state index in [9.17, 15) is 0 Å². The summed E-state index contributed by atoms with van der Waals surface area (Å²) in [6.07, 6.45) is 1.91. The first-order valence-corrected chi connectivity index (χ1v) is 10.8. The fourth-order valence-corrected chi connectivity index (χ4v) is 4.05. The summed E-state index contributed by atoms with van der Waals surface area (Å²) in [6.45, 7) is 15.2. The molecule has 30 heavy (non-hydrogen) atoms. The molecule has 0 saturated carbocycles. The van der Waals surface area contributed by atoms with Crippen molar-refractivity contribution < 1.29 is 14.0 Å². The predicted octanol–water partition coefficient (Wildman–Crippen LogP) is 4.04. The number of benzene rings is 1. The summed E-state index contributed by atoms with van der Waals surface area (Å²) < 4.78 is 17.1. The minimum Gasteiger partial charge on any atom is -0.474 e. The van der Waals surface area contributed by atoms with Gasteiger partial charge in [0.25, 0.3) is 5.89 Å². The van der Waals surface area contributed by atoms with Crippen molar-refractivity contribution in [3.05, 3.63) is 42.6 Å². The number of hydrogen-bond donors (Lipinski definition) is 0. The van der Waals surface area contributed by atoms with E-state index in [0.717, 1.165) is 75.2 Å². The Bertz CT molecular complexity index is 859. The van der Waals surface area contributed by atoms with Gasteiger partial charge in [-0.05, 0) is 52.3 Å². The molecule has 4 rings (SSSR count). The lowest BCUT2D eigenvalue weighted by atomic mass is 9.96. The normalized spacial score (nSPS) is 18.5. The van der Waals surface area contributed by atoms with Crippen LogP contribution in [0.4, 0.5) is 5.69 Å². The van der Waals surface area contributed by atoms with Crippen LogP contribution in [0.15, 0.2) is 41.3 Å². The SMILES string of the molecule is C=C(OC(C)(C)C)N1CCC(c2noc(-c3ccccc3N3CCOCC3)n2)CC1. The maximum absolute atomic E-state index is 5.92. The summed E-state index contributed by atoms with van der Waals surface area (Å²) in [5.74, 6) is 2.42. The second-order valence-corrected chi connectivity index (χ2v) is 8.94. The standard InChI is InChI=1S/C23H32N4O3/c1-17(29-23(2,3)4)26-11-9-18(10-12-26)21-24-22(30-25-21)19-7-5-6-8-20(19)27-13-15-28-16-14-27/h5-8,18H,1,9-16H2,2-4H3. The van der Waals surface area contributed by atoms with E-state index in [0.29, 0.717) is 5.89 Å². The van der Waals surface area contributed by atoms with Crippen molar-refractivity contribution in [2.45, 2.75) is 45.1 Å². The summed E-state index contributed by atoms with van der Waals surface area (Å²) >= 11 is 0. The Morgan fingerprint density at radius 3 is 2.50 bits per heavy atom. The van der Waals surface area contributed by atoms with Gasteiger partial charge in [0.1, 0.15) is 5.60 Å². The summed E-state index contributed by atoms with van der Waals surface area (Å²) in [7, 11) is 0. The lowest BCUT2D eigenvalue weighted by Gasteiger charge is -2.35. The van der Waals surface area contributed by atoms with Gasteiger partial charge in [0, 0.05) is 37.8 Å². The number of ether oxygens (including phenoxy) is 2. The molecule has 0 spiro atoms. The largest absolute Gasteiger partial charge is 0.474 e. The van der Waals surface area contributed by atoms with Crippen LogP contribution in [-0.2, 0) is 9.47 Å². The zero-order chi connectivity index (χ0) is 21.1. The lowest BCUT2D eigenvalue weighted by Crippen LogP contribution is -2.36. The van der Waals surface area contributed by atoms with Gasteiger partial charge in [0.2, 0.25) is 0 Å². The highest BCUT2D eigenvalue weighted by Gasteiger charge is 2.28. The molecule has 0 aliphatic carbocycles. The topological polar surface area (TPSA) is 63.9 Å². The van der Waals surface area contributed by atoms with Crippen LogP contribution in [0.5, 0.6) is 0 Å². The number of anilines is 1. The van der Waals surface area contributed by atoms with Crippen molar-refractivity contribution in [1.82, 2.24) is 15.0 Å². The van der Waals surface area contributed by atoms with Gasteiger partial charge in [-0.15, -0.1) is 0 Å². The van der Waals surface area contributed by atoms with Crippen LogP contribution in [0.1, 0.15) is 45.4 Å². The quantitative estimate of drug-likeness (QED) is 0.687. The molecule has 2 aliphatic heterocycles. The van der Waals surface area contributed by atoms with Crippen LogP contribution >= 0.6 is 0 Å². The molecule has 1 aromatic carbocycles. The molecular formula is C23H32N4O3. The van der Waals surface area contributed by atoms with Gasteiger partial charge >= 0.3 is 0 Å². The Kier molecular flexibility index (Phi) is 5.99. The minimum atomic E-state index is -0.232. The number of morpholine rings is 1. The van der Waals surface area contributed by atoms with Gasteiger partial charge in [-0.25, -0.2) is 0 Å². The summed E-state index contributed by atoms with van der Waals surface area (Å²) in [6, 6.07) is 8.23. The Balaban J connectivity index is 1.43. The Morgan fingerprint density at radius 2 is 1.80 bits per heavy atom. The maximum atomic E-state index is 5.92. The Hall–Kier alpha value is -2.54. The molecule has 0 N–H and O–H groups in total. The lowest BCUT2D eigenvalue weighted by molar-refractivity contribution is -0.00317. The fourth-order valence-electron chi connectivity index (χ4n) is 4.05. The highest BCUT2D eigenvalue weighted by Crippen LogP contribution is 2.33. The molecule has 0 unspecified atom stereocenters. The molecule has 0 radical (unpaired) electrons. The number of hydrogen-bond acceptors (Lipinski definition) is 7. The predicted molar refractivity (Wildman–Crippen MR) is 116 cm³/mol. The Morgan fingerprint density at radius 1 is 1.10 bits per heavy atom. The molecule has 1 aromatic heterocycles. The average molecular weight is 413 g/mol. The van der Waals surface area contributed by atoms with Crippen LogP contribution < -0.4 is 4.90 Å². The second kappa shape index (κ2) is 8.68. The van der Waals surface area contributed by atoms with Gasteiger partial charge in [-0.1, -0.05) is 17.3 Å². The second-order valence-electron chi connectivity index (χ2n) is 8.94. The van der Waals surface area contributed by atoms with Crippen molar-refractivity contribution in [3.63, 3.8) is 0 Å². The van der Waals surface area contributed by atoms with Crippen LogP contribution in [0.3, 0.4) is 0 Å². The molecule has 2 saturated heterocycles. The number of rotatable bonds is 5. The van der Waals surface area contributed by atoms with E-state index in [4.69, 9.17) is 19.0 Å². The molecule has 3 heterocycles.